The van der Waals surface area contributed by atoms with Gasteiger partial charge in [0.15, 0.2) is 0 Å². The number of sulfonamides is 1. The Hall–Kier alpha value is -0.130. The third-order valence-corrected chi connectivity index (χ3v) is 5.31. The molecule has 2 fully saturated rings. The molecule has 2 saturated heterocycles. The Morgan fingerprint density at radius 1 is 1.43 bits per heavy atom. The quantitative estimate of drug-likeness (QED) is 0.726. The van der Waals surface area contributed by atoms with Gasteiger partial charge in [0, 0.05) is 19.1 Å². The minimum Gasteiger partial charge on any atom is -0.315 e. The van der Waals surface area contributed by atoms with Gasteiger partial charge in [0.05, 0.1) is 5.75 Å². The average molecular weight is 218 g/mol. The van der Waals surface area contributed by atoms with E-state index >= 15 is 0 Å². The van der Waals surface area contributed by atoms with Gasteiger partial charge in [-0.3, -0.25) is 0 Å². The molecule has 1 N–H and O–H groups in total. The number of hydrogen-bond donors (Lipinski definition) is 1. The van der Waals surface area contributed by atoms with Gasteiger partial charge in [0.2, 0.25) is 10.0 Å². The Kier molecular flexibility index (Phi) is 2.81. The van der Waals surface area contributed by atoms with Crippen molar-refractivity contribution >= 4 is 10.0 Å². The Morgan fingerprint density at radius 3 is 2.93 bits per heavy atom. The summed E-state index contributed by atoms with van der Waals surface area (Å²) < 4.78 is 25.5. The van der Waals surface area contributed by atoms with Crippen LogP contribution in [0.3, 0.4) is 0 Å². The molecule has 2 aliphatic heterocycles. The van der Waals surface area contributed by atoms with Gasteiger partial charge in [-0.2, -0.15) is 4.31 Å². The topological polar surface area (TPSA) is 49.4 Å². The van der Waals surface area contributed by atoms with Crippen LogP contribution >= 0.6 is 0 Å². The van der Waals surface area contributed by atoms with Crippen LogP contribution in [-0.2, 0) is 10.0 Å². The molecular formula is C9H18N2O2S. The smallest absolute Gasteiger partial charge is 0.214 e. The molecule has 0 aromatic heterocycles. The van der Waals surface area contributed by atoms with E-state index in [9.17, 15) is 8.42 Å². The first kappa shape index (κ1) is 10.4. The molecule has 0 amide bonds. The second-order valence-corrected chi connectivity index (χ2v) is 6.24. The normalized spacial score (nSPS) is 33.5. The van der Waals surface area contributed by atoms with Crippen LogP contribution in [0.5, 0.6) is 0 Å². The summed E-state index contributed by atoms with van der Waals surface area (Å²) in [5, 5.41) is 3.26. The molecule has 4 nitrogen and oxygen atoms in total. The van der Waals surface area contributed by atoms with E-state index in [4.69, 9.17) is 0 Å². The lowest BCUT2D eigenvalue weighted by Crippen LogP contribution is -2.40. The first-order valence-electron chi connectivity index (χ1n) is 5.35. The van der Waals surface area contributed by atoms with Gasteiger partial charge in [0.25, 0.3) is 0 Å². The summed E-state index contributed by atoms with van der Waals surface area (Å²) in [5.74, 6) is 0.859. The molecule has 2 atom stereocenters. The minimum absolute atomic E-state index is 0.242. The van der Waals surface area contributed by atoms with Gasteiger partial charge < -0.3 is 5.32 Å². The first-order chi connectivity index (χ1) is 6.65. The highest BCUT2D eigenvalue weighted by atomic mass is 32.2. The summed E-state index contributed by atoms with van der Waals surface area (Å²) in [4.78, 5) is 0. The Labute approximate surface area is 85.7 Å². The number of fused-ring (bicyclic) bond motifs is 1. The molecule has 2 rings (SSSR count). The molecule has 82 valence electrons. The minimum atomic E-state index is -2.97. The highest BCUT2D eigenvalue weighted by molar-refractivity contribution is 7.89. The largest absolute Gasteiger partial charge is 0.315 e. The molecule has 0 aliphatic carbocycles. The van der Waals surface area contributed by atoms with E-state index in [0.717, 1.165) is 26.1 Å². The molecule has 0 bridgehead atoms. The Morgan fingerprint density at radius 2 is 2.21 bits per heavy atom. The molecular weight excluding hydrogens is 200 g/mol. The highest BCUT2D eigenvalue weighted by Gasteiger charge is 2.42. The molecule has 2 unspecified atom stereocenters. The number of nitrogens with zero attached hydrogens (tertiary/aromatic N) is 1. The second kappa shape index (κ2) is 3.79. The summed E-state index contributed by atoms with van der Waals surface area (Å²) in [6.45, 7) is 4.48. The van der Waals surface area contributed by atoms with Crippen LogP contribution < -0.4 is 5.32 Å². The van der Waals surface area contributed by atoms with Crippen LogP contribution in [-0.4, -0.2) is 44.2 Å². The van der Waals surface area contributed by atoms with Gasteiger partial charge in [-0.05, 0) is 25.3 Å². The molecule has 0 aromatic carbocycles. The van der Waals surface area contributed by atoms with Gasteiger partial charge in [0.1, 0.15) is 0 Å². The fourth-order valence-corrected chi connectivity index (χ4v) is 4.32. The van der Waals surface area contributed by atoms with E-state index < -0.39 is 10.0 Å². The second-order valence-electron chi connectivity index (χ2n) is 4.20. The van der Waals surface area contributed by atoms with Crippen molar-refractivity contribution in [2.45, 2.75) is 25.8 Å². The fraction of sp³-hybridized carbons (Fsp3) is 1.00. The van der Waals surface area contributed by atoms with Crippen molar-refractivity contribution in [3.63, 3.8) is 0 Å². The molecule has 5 heteroatoms. The van der Waals surface area contributed by atoms with E-state index in [1.165, 1.54) is 0 Å². The number of rotatable bonds is 3. The van der Waals surface area contributed by atoms with E-state index in [1.54, 1.807) is 4.31 Å². The maximum absolute atomic E-state index is 11.9. The van der Waals surface area contributed by atoms with Crippen LogP contribution in [0.2, 0.25) is 0 Å². The standard InChI is InChI=1S/C9H18N2O2S/c1-2-5-14(12,13)11-4-3-8-6-10-7-9(8)11/h8-10H,2-7H2,1H3. The summed E-state index contributed by atoms with van der Waals surface area (Å²) in [7, 11) is -2.97. The summed E-state index contributed by atoms with van der Waals surface area (Å²) in [5.41, 5.74) is 0. The van der Waals surface area contributed by atoms with Crippen molar-refractivity contribution in [1.29, 1.82) is 0 Å². The molecule has 0 radical (unpaired) electrons. The average Bonchev–Trinajstić information content (AvgIpc) is 2.60. The lowest BCUT2D eigenvalue weighted by atomic mass is 10.1. The van der Waals surface area contributed by atoms with Crippen LogP contribution in [0.4, 0.5) is 0 Å². The van der Waals surface area contributed by atoms with Gasteiger partial charge in [-0.25, -0.2) is 8.42 Å². The molecule has 0 aromatic rings. The van der Waals surface area contributed by atoms with Crippen LogP contribution in [0.25, 0.3) is 0 Å². The van der Waals surface area contributed by atoms with Gasteiger partial charge in [-0.1, -0.05) is 6.92 Å². The van der Waals surface area contributed by atoms with Crippen LogP contribution in [0.15, 0.2) is 0 Å². The summed E-state index contributed by atoms with van der Waals surface area (Å²) in [6.07, 6.45) is 1.74. The molecule has 0 saturated carbocycles. The number of nitrogens with one attached hydrogen (secondary N) is 1. The van der Waals surface area contributed by atoms with Crippen molar-refractivity contribution < 1.29 is 8.42 Å². The van der Waals surface area contributed by atoms with Gasteiger partial charge >= 0.3 is 0 Å². The third kappa shape index (κ3) is 1.68. The molecule has 0 spiro atoms. The van der Waals surface area contributed by atoms with E-state index in [0.29, 0.717) is 18.1 Å². The van der Waals surface area contributed by atoms with Crippen molar-refractivity contribution in [2.75, 3.05) is 25.4 Å². The van der Waals surface area contributed by atoms with Crippen molar-refractivity contribution in [3.05, 3.63) is 0 Å². The van der Waals surface area contributed by atoms with E-state index in [-0.39, 0.29) is 6.04 Å². The lowest BCUT2D eigenvalue weighted by molar-refractivity contribution is 0.382. The van der Waals surface area contributed by atoms with Gasteiger partial charge in [-0.15, -0.1) is 0 Å². The number of hydrogen-bond acceptors (Lipinski definition) is 3. The zero-order valence-electron chi connectivity index (χ0n) is 8.57. The maximum atomic E-state index is 11.9. The van der Waals surface area contributed by atoms with E-state index in [2.05, 4.69) is 5.32 Å². The summed E-state index contributed by atoms with van der Waals surface area (Å²) in [6, 6.07) is 0.242. The molecule has 2 aliphatic rings. The molecule has 2 heterocycles. The SMILES string of the molecule is CCCS(=O)(=O)N1CCC2CNCC21. The first-order valence-corrected chi connectivity index (χ1v) is 6.96. The fourth-order valence-electron chi connectivity index (χ4n) is 2.53. The highest BCUT2D eigenvalue weighted by Crippen LogP contribution is 2.29. The zero-order chi connectivity index (χ0) is 10.2. The zero-order valence-corrected chi connectivity index (χ0v) is 9.39. The van der Waals surface area contributed by atoms with Crippen LogP contribution in [0.1, 0.15) is 19.8 Å². The predicted molar refractivity (Wildman–Crippen MR) is 55.5 cm³/mol. The summed E-state index contributed by atoms with van der Waals surface area (Å²) >= 11 is 0. The lowest BCUT2D eigenvalue weighted by Gasteiger charge is -2.22. The predicted octanol–water partition coefficient (Wildman–Crippen LogP) is 0.0199. The Bertz CT molecular complexity index is 302. The molecule has 14 heavy (non-hydrogen) atoms. The Balaban J connectivity index is 2.12. The van der Waals surface area contributed by atoms with Crippen LogP contribution in [0, 0.1) is 5.92 Å². The van der Waals surface area contributed by atoms with E-state index in [1.807, 2.05) is 6.92 Å². The van der Waals surface area contributed by atoms with Crippen molar-refractivity contribution in [3.8, 4) is 0 Å². The monoisotopic (exact) mass is 218 g/mol. The third-order valence-electron chi connectivity index (χ3n) is 3.21. The van der Waals surface area contributed by atoms with Crippen molar-refractivity contribution in [2.24, 2.45) is 5.92 Å². The van der Waals surface area contributed by atoms with Crippen molar-refractivity contribution in [1.82, 2.24) is 9.62 Å². The maximum Gasteiger partial charge on any atom is 0.214 e.